The first-order chi connectivity index (χ1) is 19.3. The summed E-state index contributed by atoms with van der Waals surface area (Å²) in [5.74, 6) is 0.834. The molecule has 0 aliphatic heterocycles. The van der Waals surface area contributed by atoms with Crippen molar-refractivity contribution in [2.75, 3.05) is 12.0 Å². The number of anilines is 3. The summed E-state index contributed by atoms with van der Waals surface area (Å²) in [5.41, 5.74) is 10.4. The van der Waals surface area contributed by atoms with Gasteiger partial charge in [0.1, 0.15) is 5.75 Å². The molecule has 0 aliphatic rings. The second kappa shape index (κ2) is 11.1. The maximum atomic E-state index is 5.46. The van der Waals surface area contributed by atoms with Crippen LogP contribution in [-0.2, 0) is 0 Å². The number of hydrogen-bond acceptors (Lipinski definition) is 2. The zero-order chi connectivity index (χ0) is 26.4. The summed E-state index contributed by atoms with van der Waals surface area (Å²) in [4.78, 5) is 2.31. The Bertz CT molecular complexity index is 1590. The quantitative estimate of drug-likeness (QED) is 0.215. The third-order valence-corrected chi connectivity index (χ3v) is 6.95. The average molecular weight is 504 g/mol. The molecule has 39 heavy (non-hydrogen) atoms. The van der Waals surface area contributed by atoms with Crippen molar-refractivity contribution >= 4 is 17.1 Å². The fourth-order valence-corrected chi connectivity index (χ4v) is 4.95. The van der Waals surface area contributed by atoms with Crippen molar-refractivity contribution < 1.29 is 4.74 Å². The molecule has 0 unspecified atom stereocenters. The summed E-state index contributed by atoms with van der Waals surface area (Å²) in [6.07, 6.45) is 0. The van der Waals surface area contributed by atoms with Crippen LogP contribution in [0.5, 0.6) is 5.75 Å². The van der Waals surface area contributed by atoms with Gasteiger partial charge in [-0.2, -0.15) is 0 Å². The fourth-order valence-electron chi connectivity index (χ4n) is 4.95. The summed E-state index contributed by atoms with van der Waals surface area (Å²) in [7, 11) is 1.70. The molecule has 6 aromatic carbocycles. The number of nitrogens with zero attached hydrogens (tertiary/aromatic N) is 1. The van der Waals surface area contributed by atoms with E-state index in [1.54, 1.807) is 7.11 Å². The highest BCUT2D eigenvalue weighted by atomic mass is 16.5. The van der Waals surface area contributed by atoms with Crippen LogP contribution in [0.1, 0.15) is 0 Å². The van der Waals surface area contributed by atoms with E-state index in [9.17, 15) is 0 Å². The Hall–Kier alpha value is -5.08. The first-order valence-electron chi connectivity index (χ1n) is 13.1. The van der Waals surface area contributed by atoms with E-state index in [0.717, 1.165) is 22.8 Å². The van der Waals surface area contributed by atoms with Crippen molar-refractivity contribution in [3.63, 3.8) is 0 Å². The second-order valence-electron chi connectivity index (χ2n) is 9.45. The van der Waals surface area contributed by atoms with E-state index in [0.29, 0.717) is 0 Å². The number of methoxy groups -OCH3 is 1. The smallest absolute Gasteiger partial charge is 0.119 e. The van der Waals surface area contributed by atoms with Crippen LogP contribution in [0, 0.1) is 0 Å². The summed E-state index contributed by atoms with van der Waals surface area (Å²) in [5, 5.41) is 0. The zero-order valence-corrected chi connectivity index (χ0v) is 21.9. The second-order valence-corrected chi connectivity index (χ2v) is 9.45. The Kier molecular flexibility index (Phi) is 6.92. The van der Waals surface area contributed by atoms with Crippen LogP contribution < -0.4 is 9.64 Å². The van der Waals surface area contributed by atoms with E-state index < -0.39 is 0 Å². The highest BCUT2D eigenvalue weighted by Gasteiger charge is 2.16. The van der Waals surface area contributed by atoms with Crippen molar-refractivity contribution in [1.82, 2.24) is 0 Å². The maximum Gasteiger partial charge on any atom is 0.119 e. The molecule has 0 radical (unpaired) electrons. The first kappa shape index (κ1) is 24.3. The summed E-state index contributed by atoms with van der Waals surface area (Å²) in [6, 6.07) is 55.5. The Morgan fingerprint density at radius 2 is 0.744 bits per heavy atom. The standard InChI is InChI=1S/C37H29NO/c1-39-37-23-21-35(22-24-37)38(34-19-17-31(18-20-34)28-11-5-2-6-12-28)36-26-32(29-13-7-3-8-14-29)25-33(27-36)30-15-9-4-10-16-30/h2-27H,1H3. The third kappa shape index (κ3) is 5.32. The van der Waals surface area contributed by atoms with Gasteiger partial charge >= 0.3 is 0 Å². The normalized spacial score (nSPS) is 10.7. The van der Waals surface area contributed by atoms with E-state index in [-0.39, 0.29) is 0 Å². The SMILES string of the molecule is COc1ccc(N(c2ccc(-c3ccccc3)cc2)c2cc(-c3ccccc3)cc(-c3ccccc3)c2)cc1. The Labute approximate surface area is 230 Å². The minimum atomic E-state index is 0.834. The van der Waals surface area contributed by atoms with E-state index >= 15 is 0 Å². The van der Waals surface area contributed by atoms with E-state index in [4.69, 9.17) is 4.74 Å². The van der Waals surface area contributed by atoms with Gasteiger partial charge in [-0.05, 0) is 88.0 Å². The molecule has 0 heterocycles. The molecular weight excluding hydrogens is 474 g/mol. The minimum Gasteiger partial charge on any atom is -0.497 e. The minimum absolute atomic E-state index is 0.834. The lowest BCUT2D eigenvalue weighted by molar-refractivity contribution is 0.415. The summed E-state index contributed by atoms with van der Waals surface area (Å²) in [6.45, 7) is 0. The predicted octanol–water partition coefficient (Wildman–Crippen LogP) is 10.2. The van der Waals surface area contributed by atoms with Crippen LogP contribution in [0.3, 0.4) is 0 Å². The zero-order valence-electron chi connectivity index (χ0n) is 21.9. The van der Waals surface area contributed by atoms with Crippen molar-refractivity contribution in [3.8, 4) is 39.1 Å². The highest BCUT2D eigenvalue weighted by molar-refractivity contribution is 5.85. The van der Waals surface area contributed by atoms with Gasteiger partial charge in [-0.25, -0.2) is 0 Å². The molecule has 0 N–H and O–H groups in total. The van der Waals surface area contributed by atoms with Crippen LogP contribution in [-0.4, -0.2) is 7.11 Å². The average Bonchev–Trinajstić information content (AvgIpc) is 3.03. The molecule has 188 valence electrons. The monoisotopic (exact) mass is 503 g/mol. The Morgan fingerprint density at radius 1 is 0.359 bits per heavy atom. The molecule has 0 saturated carbocycles. The van der Waals surface area contributed by atoms with Crippen LogP contribution in [0.15, 0.2) is 158 Å². The topological polar surface area (TPSA) is 12.5 Å². The summed E-state index contributed by atoms with van der Waals surface area (Å²) < 4.78 is 5.46. The molecule has 2 heteroatoms. The number of hydrogen-bond donors (Lipinski definition) is 0. The van der Waals surface area contributed by atoms with Gasteiger partial charge in [0.25, 0.3) is 0 Å². The molecule has 6 aromatic rings. The predicted molar refractivity (Wildman–Crippen MR) is 164 cm³/mol. The van der Waals surface area contributed by atoms with E-state index in [1.165, 1.54) is 33.4 Å². The van der Waals surface area contributed by atoms with Crippen LogP contribution >= 0.6 is 0 Å². The van der Waals surface area contributed by atoms with Crippen molar-refractivity contribution in [3.05, 3.63) is 158 Å². The van der Waals surface area contributed by atoms with Gasteiger partial charge in [0.15, 0.2) is 0 Å². The van der Waals surface area contributed by atoms with E-state index in [2.05, 4.69) is 144 Å². The van der Waals surface area contributed by atoms with Gasteiger partial charge in [0.05, 0.1) is 7.11 Å². The van der Waals surface area contributed by atoms with E-state index in [1.807, 2.05) is 18.2 Å². The largest absolute Gasteiger partial charge is 0.497 e. The highest BCUT2D eigenvalue weighted by Crippen LogP contribution is 2.40. The van der Waals surface area contributed by atoms with Gasteiger partial charge in [-0.3, -0.25) is 0 Å². The lowest BCUT2D eigenvalue weighted by atomic mass is 9.97. The Balaban J connectivity index is 1.52. The molecule has 0 atom stereocenters. The van der Waals surface area contributed by atoms with Gasteiger partial charge in [-0.15, -0.1) is 0 Å². The van der Waals surface area contributed by atoms with Gasteiger partial charge in [0, 0.05) is 17.1 Å². The van der Waals surface area contributed by atoms with Gasteiger partial charge < -0.3 is 9.64 Å². The molecule has 2 nitrogen and oxygen atoms in total. The lowest BCUT2D eigenvalue weighted by Crippen LogP contribution is -2.10. The molecular formula is C37H29NO. The molecule has 0 aromatic heterocycles. The molecule has 0 spiro atoms. The molecule has 0 amide bonds. The molecule has 6 rings (SSSR count). The molecule has 0 fully saturated rings. The molecule has 0 aliphatic carbocycles. The fraction of sp³-hybridized carbons (Fsp3) is 0.0270. The van der Waals surface area contributed by atoms with Crippen molar-refractivity contribution in [2.45, 2.75) is 0 Å². The lowest BCUT2D eigenvalue weighted by Gasteiger charge is -2.27. The maximum absolute atomic E-state index is 5.46. The number of rotatable bonds is 7. The first-order valence-corrected chi connectivity index (χ1v) is 13.1. The van der Waals surface area contributed by atoms with Gasteiger partial charge in [0.2, 0.25) is 0 Å². The van der Waals surface area contributed by atoms with Crippen LogP contribution in [0.2, 0.25) is 0 Å². The summed E-state index contributed by atoms with van der Waals surface area (Å²) >= 11 is 0. The van der Waals surface area contributed by atoms with Crippen molar-refractivity contribution in [2.24, 2.45) is 0 Å². The number of benzene rings is 6. The molecule has 0 bridgehead atoms. The number of ether oxygens (including phenoxy) is 1. The van der Waals surface area contributed by atoms with Crippen LogP contribution in [0.4, 0.5) is 17.1 Å². The Morgan fingerprint density at radius 3 is 1.18 bits per heavy atom. The molecule has 0 saturated heterocycles. The van der Waals surface area contributed by atoms with Crippen molar-refractivity contribution in [1.29, 1.82) is 0 Å². The van der Waals surface area contributed by atoms with Crippen LogP contribution in [0.25, 0.3) is 33.4 Å². The van der Waals surface area contributed by atoms with Gasteiger partial charge in [-0.1, -0.05) is 103 Å². The third-order valence-electron chi connectivity index (χ3n) is 6.95.